The number of piperidine rings is 1. The van der Waals surface area contributed by atoms with E-state index < -0.39 is 5.60 Å². The second-order valence-electron chi connectivity index (χ2n) is 7.29. The maximum Gasteiger partial charge on any atom is 0.115 e. The van der Waals surface area contributed by atoms with Crippen molar-refractivity contribution in [1.29, 1.82) is 0 Å². The van der Waals surface area contributed by atoms with Crippen molar-refractivity contribution in [3.63, 3.8) is 0 Å². The van der Waals surface area contributed by atoms with Gasteiger partial charge >= 0.3 is 0 Å². The van der Waals surface area contributed by atoms with Crippen LogP contribution in [0.3, 0.4) is 0 Å². The molecule has 0 bridgehead atoms. The molecular weight excluding hydrogens is 342 g/mol. The minimum Gasteiger partial charge on any atom is -0.380 e. The summed E-state index contributed by atoms with van der Waals surface area (Å²) in [6, 6.07) is 21.0. The minimum atomic E-state index is -0.903. The van der Waals surface area contributed by atoms with Crippen LogP contribution in [0.4, 0.5) is 0 Å². The number of benzene rings is 2. The lowest BCUT2D eigenvalue weighted by Crippen LogP contribution is -2.40. The van der Waals surface area contributed by atoms with Crippen LogP contribution in [0.15, 0.2) is 60.7 Å². The van der Waals surface area contributed by atoms with Crippen molar-refractivity contribution < 1.29 is 5.11 Å². The van der Waals surface area contributed by atoms with Gasteiger partial charge in [-0.1, -0.05) is 74.0 Å². The molecule has 0 aliphatic carbocycles. The molecule has 0 radical (unpaired) electrons. The van der Waals surface area contributed by atoms with Crippen molar-refractivity contribution in [2.45, 2.75) is 57.1 Å². The fraction of sp³-hybridized carbons (Fsp3) is 0.478. The van der Waals surface area contributed by atoms with Crippen molar-refractivity contribution in [3.05, 3.63) is 71.8 Å². The van der Waals surface area contributed by atoms with E-state index in [1.54, 1.807) is 0 Å². The average Bonchev–Trinajstić information content (AvgIpc) is 2.69. The SMILES string of the molecule is CCC1CCCCN1CCCC(O)(c1ccccc1)c1ccccc1.Cl. The summed E-state index contributed by atoms with van der Waals surface area (Å²) in [4.78, 5) is 2.64. The first-order chi connectivity index (χ1) is 12.2. The van der Waals surface area contributed by atoms with Crippen LogP contribution >= 0.6 is 12.4 Å². The summed E-state index contributed by atoms with van der Waals surface area (Å²) in [6.07, 6.45) is 7.02. The van der Waals surface area contributed by atoms with Gasteiger partial charge in [0.15, 0.2) is 0 Å². The first-order valence-electron chi connectivity index (χ1n) is 9.81. The number of hydrogen-bond acceptors (Lipinski definition) is 2. The smallest absolute Gasteiger partial charge is 0.115 e. The highest BCUT2D eigenvalue weighted by molar-refractivity contribution is 5.85. The van der Waals surface area contributed by atoms with Crippen LogP contribution < -0.4 is 0 Å². The molecule has 2 aromatic rings. The van der Waals surface area contributed by atoms with Gasteiger partial charge in [0.25, 0.3) is 0 Å². The summed E-state index contributed by atoms with van der Waals surface area (Å²) < 4.78 is 0. The molecule has 0 amide bonds. The van der Waals surface area contributed by atoms with Crippen LogP contribution in [0.2, 0.25) is 0 Å². The fourth-order valence-electron chi connectivity index (χ4n) is 4.24. The summed E-state index contributed by atoms with van der Waals surface area (Å²) in [7, 11) is 0. The highest BCUT2D eigenvalue weighted by Gasteiger charge is 2.31. The molecule has 1 saturated heterocycles. The van der Waals surface area contributed by atoms with E-state index >= 15 is 0 Å². The van der Waals surface area contributed by atoms with E-state index in [1.165, 1.54) is 32.2 Å². The van der Waals surface area contributed by atoms with Gasteiger partial charge in [-0.2, -0.15) is 0 Å². The molecule has 1 aliphatic rings. The summed E-state index contributed by atoms with van der Waals surface area (Å²) in [5.41, 5.74) is 1.08. The predicted molar refractivity (Wildman–Crippen MR) is 112 cm³/mol. The maximum atomic E-state index is 11.6. The topological polar surface area (TPSA) is 23.5 Å². The van der Waals surface area contributed by atoms with Crippen LogP contribution in [0, 0.1) is 0 Å². The largest absolute Gasteiger partial charge is 0.380 e. The Kier molecular flexibility index (Phi) is 8.15. The van der Waals surface area contributed by atoms with Gasteiger partial charge in [-0.25, -0.2) is 0 Å². The standard InChI is InChI=1S/C23H31NO.ClH/c1-2-22-16-9-10-18-24(22)19-11-17-23(25,20-12-5-3-6-13-20)21-14-7-4-8-15-21;/h3-8,12-15,22,25H,2,9-11,16-19H2,1H3;1H. The van der Waals surface area contributed by atoms with E-state index in [1.807, 2.05) is 60.7 Å². The molecule has 26 heavy (non-hydrogen) atoms. The van der Waals surface area contributed by atoms with Crippen molar-refractivity contribution in [2.24, 2.45) is 0 Å². The molecule has 3 heteroatoms. The van der Waals surface area contributed by atoms with E-state index in [2.05, 4.69) is 11.8 Å². The first-order valence-corrected chi connectivity index (χ1v) is 9.81. The normalized spacial score (nSPS) is 18.3. The Morgan fingerprint density at radius 1 is 0.962 bits per heavy atom. The van der Waals surface area contributed by atoms with Gasteiger partial charge in [0, 0.05) is 6.04 Å². The molecule has 0 spiro atoms. The Morgan fingerprint density at radius 3 is 2.08 bits per heavy atom. The van der Waals surface area contributed by atoms with E-state index in [0.29, 0.717) is 0 Å². The molecular formula is C23H32ClNO. The van der Waals surface area contributed by atoms with Crippen LogP contribution in [-0.2, 0) is 5.60 Å². The average molecular weight is 374 g/mol. The number of aliphatic hydroxyl groups is 1. The quantitative estimate of drug-likeness (QED) is 0.703. The van der Waals surface area contributed by atoms with Gasteiger partial charge in [-0.05, 0) is 56.3 Å². The number of likely N-dealkylation sites (tertiary alicyclic amines) is 1. The second kappa shape index (κ2) is 10.1. The number of nitrogens with zero attached hydrogens (tertiary/aromatic N) is 1. The van der Waals surface area contributed by atoms with Crippen molar-refractivity contribution in [1.82, 2.24) is 4.90 Å². The van der Waals surface area contributed by atoms with Gasteiger partial charge in [0.05, 0.1) is 0 Å². The molecule has 3 rings (SSSR count). The van der Waals surface area contributed by atoms with E-state index in [0.717, 1.165) is 36.6 Å². The highest BCUT2D eigenvalue weighted by atomic mass is 35.5. The van der Waals surface area contributed by atoms with Gasteiger partial charge in [-0.3, -0.25) is 0 Å². The monoisotopic (exact) mass is 373 g/mol. The molecule has 2 aromatic carbocycles. The summed E-state index contributed by atoms with van der Waals surface area (Å²) in [6.45, 7) is 4.60. The van der Waals surface area contributed by atoms with Crippen LogP contribution in [0.5, 0.6) is 0 Å². The first kappa shape index (κ1) is 21.0. The third-order valence-corrected chi connectivity index (χ3v) is 5.71. The van der Waals surface area contributed by atoms with Gasteiger partial charge in [-0.15, -0.1) is 12.4 Å². The lowest BCUT2D eigenvalue weighted by molar-refractivity contribution is 0.0590. The van der Waals surface area contributed by atoms with Crippen LogP contribution in [0.1, 0.15) is 56.6 Å². The Balaban J connectivity index is 0.00000243. The van der Waals surface area contributed by atoms with Crippen molar-refractivity contribution >= 4 is 12.4 Å². The van der Waals surface area contributed by atoms with Crippen LogP contribution in [0.25, 0.3) is 0 Å². The molecule has 142 valence electrons. The molecule has 0 aromatic heterocycles. The molecule has 2 nitrogen and oxygen atoms in total. The maximum absolute atomic E-state index is 11.6. The minimum absolute atomic E-state index is 0. The van der Waals surface area contributed by atoms with E-state index in [4.69, 9.17) is 0 Å². The molecule has 0 saturated carbocycles. The Hall–Kier alpha value is -1.35. The summed E-state index contributed by atoms with van der Waals surface area (Å²) in [5, 5.41) is 11.6. The van der Waals surface area contributed by atoms with E-state index in [-0.39, 0.29) is 12.4 Å². The molecule has 1 unspecified atom stereocenters. The molecule has 1 heterocycles. The number of rotatable bonds is 7. The zero-order valence-corrected chi connectivity index (χ0v) is 16.6. The van der Waals surface area contributed by atoms with Gasteiger partial charge in [0.2, 0.25) is 0 Å². The molecule has 1 N–H and O–H groups in total. The van der Waals surface area contributed by atoms with Crippen molar-refractivity contribution in [2.75, 3.05) is 13.1 Å². The van der Waals surface area contributed by atoms with Crippen LogP contribution in [-0.4, -0.2) is 29.1 Å². The molecule has 1 atom stereocenters. The van der Waals surface area contributed by atoms with E-state index in [9.17, 15) is 5.11 Å². The zero-order chi connectivity index (χ0) is 17.5. The number of halogens is 1. The van der Waals surface area contributed by atoms with Gasteiger partial charge in [0.1, 0.15) is 5.60 Å². The predicted octanol–water partition coefficient (Wildman–Crippen LogP) is 5.39. The highest BCUT2D eigenvalue weighted by Crippen LogP contribution is 2.34. The third-order valence-electron chi connectivity index (χ3n) is 5.71. The second-order valence-corrected chi connectivity index (χ2v) is 7.29. The van der Waals surface area contributed by atoms with Crippen molar-refractivity contribution in [3.8, 4) is 0 Å². The lowest BCUT2D eigenvalue weighted by atomic mass is 9.82. The Bertz CT molecular complexity index is 592. The lowest BCUT2D eigenvalue weighted by Gasteiger charge is -2.36. The summed E-state index contributed by atoms with van der Waals surface area (Å²) >= 11 is 0. The Labute approximate surface area is 164 Å². The zero-order valence-electron chi connectivity index (χ0n) is 15.8. The molecule has 1 aliphatic heterocycles. The number of hydrogen-bond donors (Lipinski definition) is 1. The van der Waals surface area contributed by atoms with Gasteiger partial charge < -0.3 is 10.0 Å². The molecule has 1 fully saturated rings. The fourth-order valence-corrected chi connectivity index (χ4v) is 4.24. The third kappa shape index (κ3) is 4.88. The Morgan fingerprint density at radius 2 is 1.54 bits per heavy atom. The summed E-state index contributed by atoms with van der Waals surface area (Å²) in [5.74, 6) is 0.